The Balaban J connectivity index is 1.03. The molecule has 0 amide bonds. The molecule has 0 aliphatic heterocycles. The molecule has 10 rings (SSSR count). The van der Waals surface area contributed by atoms with E-state index in [-0.39, 0.29) is 0 Å². The highest BCUT2D eigenvalue weighted by molar-refractivity contribution is 7.26. The van der Waals surface area contributed by atoms with Gasteiger partial charge in [0.05, 0.1) is 0 Å². The lowest BCUT2D eigenvalue weighted by Crippen LogP contribution is -2.09. The number of benzene rings is 8. The first-order valence-corrected chi connectivity index (χ1v) is 17.4. The van der Waals surface area contributed by atoms with E-state index < -0.39 is 0 Å². The van der Waals surface area contributed by atoms with Crippen molar-refractivity contribution in [2.24, 2.45) is 0 Å². The summed E-state index contributed by atoms with van der Waals surface area (Å²) in [6.45, 7) is 0. The van der Waals surface area contributed by atoms with Crippen LogP contribution in [-0.2, 0) is 0 Å². The van der Waals surface area contributed by atoms with Gasteiger partial charge in [0.15, 0.2) is 0 Å². The standard InChI is InChI=1S/C46H29NOS/c1-2-9-34-28-36(25-22-30(34)8-1)47(37-26-27-44-42(29-37)39-10-3-5-14-43(39)48-44)35-23-20-32(21-24-35)31-16-18-33(19-17-31)38-12-7-13-41-40-11-4-6-15-45(40)49-46(38)41/h1-29H. The van der Waals surface area contributed by atoms with Crippen molar-refractivity contribution in [1.82, 2.24) is 0 Å². The predicted molar refractivity (Wildman–Crippen MR) is 210 cm³/mol. The zero-order valence-corrected chi connectivity index (χ0v) is 27.3. The minimum atomic E-state index is 0.894. The lowest BCUT2D eigenvalue weighted by Gasteiger charge is -2.26. The topological polar surface area (TPSA) is 16.4 Å². The predicted octanol–water partition coefficient (Wildman–Crippen LogP) is 13.9. The van der Waals surface area contributed by atoms with Gasteiger partial charge in [0.1, 0.15) is 11.2 Å². The molecule has 2 heterocycles. The number of fused-ring (bicyclic) bond motifs is 7. The lowest BCUT2D eigenvalue weighted by molar-refractivity contribution is 0.669. The van der Waals surface area contributed by atoms with Crippen molar-refractivity contribution < 1.29 is 4.42 Å². The Kier molecular flexibility index (Phi) is 6.39. The molecule has 0 bridgehead atoms. The third-order valence-electron chi connectivity index (χ3n) is 9.67. The molecule has 230 valence electrons. The fourth-order valence-corrected chi connectivity index (χ4v) is 8.47. The molecule has 10 aromatic rings. The molecule has 0 aliphatic carbocycles. The maximum atomic E-state index is 6.17. The Labute approximate surface area is 287 Å². The molecule has 2 aromatic heterocycles. The molecular weight excluding hydrogens is 615 g/mol. The molecule has 2 nitrogen and oxygen atoms in total. The molecule has 0 unspecified atom stereocenters. The molecule has 49 heavy (non-hydrogen) atoms. The summed E-state index contributed by atoms with van der Waals surface area (Å²) in [7, 11) is 0. The van der Waals surface area contributed by atoms with Crippen LogP contribution in [-0.4, -0.2) is 0 Å². The Bertz CT molecular complexity index is 2820. The van der Waals surface area contributed by atoms with Gasteiger partial charge >= 0.3 is 0 Å². The van der Waals surface area contributed by atoms with Gasteiger partial charge in [-0.15, -0.1) is 11.3 Å². The minimum absolute atomic E-state index is 0.894. The molecule has 8 aromatic carbocycles. The molecule has 0 fully saturated rings. The number of anilines is 3. The van der Waals surface area contributed by atoms with E-state index in [4.69, 9.17) is 4.42 Å². The van der Waals surface area contributed by atoms with Crippen molar-refractivity contribution in [3.63, 3.8) is 0 Å². The zero-order valence-electron chi connectivity index (χ0n) is 26.5. The van der Waals surface area contributed by atoms with Gasteiger partial charge in [-0.3, -0.25) is 0 Å². The number of thiophene rings is 1. The highest BCUT2D eigenvalue weighted by Crippen LogP contribution is 2.42. The van der Waals surface area contributed by atoms with Crippen LogP contribution in [0.3, 0.4) is 0 Å². The largest absolute Gasteiger partial charge is 0.456 e. The maximum absolute atomic E-state index is 6.17. The van der Waals surface area contributed by atoms with Gasteiger partial charge in [-0.1, -0.05) is 121 Å². The SMILES string of the molecule is c1ccc2cc(N(c3ccc(-c4ccc(-c5cccc6c5sc5ccccc56)cc4)cc3)c3ccc4oc5ccccc5c4c3)ccc2c1. The fraction of sp³-hybridized carbons (Fsp3) is 0. The van der Waals surface area contributed by atoms with Crippen LogP contribution in [0.2, 0.25) is 0 Å². The normalized spacial score (nSPS) is 11.7. The third kappa shape index (κ3) is 4.70. The van der Waals surface area contributed by atoms with Gasteiger partial charge in [-0.2, -0.15) is 0 Å². The van der Waals surface area contributed by atoms with Gasteiger partial charge in [0.2, 0.25) is 0 Å². The smallest absolute Gasteiger partial charge is 0.135 e. The van der Waals surface area contributed by atoms with E-state index in [2.05, 4.69) is 169 Å². The fourth-order valence-electron chi connectivity index (χ4n) is 7.24. The molecule has 0 spiro atoms. The van der Waals surface area contributed by atoms with Crippen LogP contribution >= 0.6 is 11.3 Å². The molecule has 0 radical (unpaired) electrons. The summed E-state index contributed by atoms with van der Waals surface area (Å²) in [6.07, 6.45) is 0. The number of para-hydroxylation sites is 1. The van der Waals surface area contributed by atoms with Gasteiger partial charge in [0.25, 0.3) is 0 Å². The molecule has 0 N–H and O–H groups in total. The molecule has 3 heteroatoms. The van der Waals surface area contributed by atoms with Crippen LogP contribution in [0.4, 0.5) is 17.1 Å². The lowest BCUT2D eigenvalue weighted by atomic mass is 9.99. The van der Waals surface area contributed by atoms with E-state index in [0.29, 0.717) is 0 Å². The first-order chi connectivity index (χ1) is 24.3. The first kappa shape index (κ1) is 27.9. The van der Waals surface area contributed by atoms with E-state index in [0.717, 1.165) is 39.0 Å². The van der Waals surface area contributed by atoms with Crippen LogP contribution < -0.4 is 4.90 Å². The second-order valence-corrected chi connectivity index (χ2v) is 13.6. The van der Waals surface area contributed by atoms with E-state index in [1.165, 1.54) is 53.2 Å². The monoisotopic (exact) mass is 643 g/mol. The van der Waals surface area contributed by atoms with Crippen molar-refractivity contribution in [1.29, 1.82) is 0 Å². The number of rotatable bonds is 5. The molecular formula is C46H29NOS. The second-order valence-electron chi connectivity index (χ2n) is 12.6. The summed E-state index contributed by atoms with van der Waals surface area (Å²) in [6, 6.07) is 63.3. The van der Waals surface area contributed by atoms with Crippen LogP contribution in [0.1, 0.15) is 0 Å². The van der Waals surface area contributed by atoms with Crippen molar-refractivity contribution in [3.05, 3.63) is 176 Å². The average molecular weight is 644 g/mol. The summed E-state index contributed by atoms with van der Waals surface area (Å²) >= 11 is 1.88. The second kappa shape index (κ2) is 11.2. The van der Waals surface area contributed by atoms with Crippen molar-refractivity contribution in [2.45, 2.75) is 0 Å². The van der Waals surface area contributed by atoms with E-state index in [1.807, 2.05) is 23.5 Å². The van der Waals surface area contributed by atoms with Crippen molar-refractivity contribution in [3.8, 4) is 22.3 Å². The number of hydrogen-bond acceptors (Lipinski definition) is 3. The van der Waals surface area contributed by atoms with E-state index >= 15 is 0 Å². The van der Waals surface area contributed by atoms with Gasteiger partial charge < -0.3 is 9.32 Å². The van der Waals surface area contributed by atoms with E-state index in [1.54, 1.807) is 0 Å². The van der Waals surface area contributed by atoms with Crippen LogP contribution in [0.15, 0.2) is 180 Å². The van der Waals surface area contributed by atoms with Crippen molar-refractivity contribution >= 4 is 81.3 Å². The number of furan rings is 1. The van der Waals surface area contributed by atoms with Gasteiger partial charge in [0, 0.05) is 48.0 Å². The molecule has 0 atom stereocenters. The average Bonchev–Trinajstić information content (AvgIpc) is 3.74. The van der Waals surface area contributed by atoms with E-state index in [9.17, 15) is 0 Å². The Morgan fingerprint density at radius 2 is 1.00 bits per heavy atom. The third-order valence-corrected chi connectivity index (χ3v) is 10.9. The van der Waals surface area contributed by atoms with Gasteiger partial charge in [-0.05, 0) is 87.6 Å². The Hall–Kier alpha value is -6.16. The minimum Gasteiger partial charge on any atom is -0.456 e. The Morgan fingerprint density at radius 3 is 1.86 bits per heavy atom. The zero-order chi connectivity index (χ0) is 32.3. The summed E-state index contributed by atoms with van der Waals surface area (Å²) in [5.41, 5.74) is 10.00. The van der Waals surface area contributed by atoms with Crippen molar-refractivity contribution in [2.75, 3.05) is 4.90 Å². The first-order valence-electron chi connectivity index (χ1n) is 16.6. The quantitative estimate of drug-likeness (QED) is 0.186. The Morgan fingerprint density at radius 1 is 0.388 bits per heavy atom. The highest BCUT2D eigenvalue weighted by atomic mass is 32.1. The molecule has 0 saturated carbocycles. The highest BCUT2D eigenvalue weighted by Gasteiger charge is 2.17. The number of hydrogen-bond donors (Lipinski definition) is 0. The summed E-state index contributed by atoms with van der Waals surface area (Å²) in [5, 5.41) is 7.33. The van der Waals surface area contributed by atoms with Gasteiger partial charge in [-0.25, -0.2) is 0 Å². The summed E-state index contributed by atoms with van der Waals surface area (Å²) in [5.74, 6) is 0. The summed E-state index contributed by atoms with van der Waals surface area (Å²) < 4.78 is 8.85. The van der Waals surface area contributed by atoms with Crippen LogP contribution in [0.5, 0.6) is 0 Å². The maximum Gasteiger partial charge on any atom is 0.135 e. The molecule has 0 saturated heterocycles. The number of nitrogens with zero attached hydrogens (tertiary/aromatic N) is 1. The van der Waals surface area contributed by atoms with Crippen LogP contribution in [0.25, 0.3) is 75.1 Å². The molecule has 0 aliphatic rings. The summed E-state index contributed by atoms with van der Waals surface area (Å²) in [4.78, 5) is 2.34. The van der Waals surface area contributed by atoms with Crippen LogP contribution in [0, 0.1) is 0 Å².